The number of rotatable bonds is 5. The first-order chi connectivity index (χ1) is 12.2. The highest BCUT2D eigenvalue weighted by Crippen LogP contribution is 2.31. The SMILES string of the molecule is Cc1ccc(-c2nc(CC(=O)C3CC3)cc3nc(C4COC4)nn23)o1. The molecule has 0 N–H and O–H groups in total. The molecule has 0 amide bonds. The molecule has 5 rings (SSSR count). The Bertz CT molecular complexity index is 966. The van der Waals surface area contributed by atoms with Crippen LogP contribution < -0.4 is 0 Å². The molecule has 7 heteroatoms. The first-order valence-electron chi connectivity index (χ1n) is 8.61. The average molecular weight is 338 g/mol. The highest BCUT2D eigenvalue weighted by molar-refractivity contribution is 5.85. The van der Waals surface area contributed by atoms with Gasteiger partial charge < -0.3 is 9.15 Å². The van der Waals surface area contributed by atoms with E-state index in [1.54, 1.807) is 4.52 Å². The monoisotopic (exact) mass is 338 g/mol. The molecule has 1 aliphatic carbocycles. The van der Waals surface area contributed by atoms with Crippen molar-refractivity contribution in [2.75, 3.05) is 13.2 Å². The van der Waals surface area contributed by atoms with Crippen molar-refractivity contribution >= 4 is 11.4 Å². The minimum atomic E-state index is 0.216. The minimum absolute atomic E-state index is 0.216. The first kappa shape index (κ1) is 14.8. The maximum atomic E-state index is 12.2. The van der Waals surface area contributed by atoms with Crippen molar-refractivity contribution in [2.45, 2.75) is 32.1 Å². The van der Waals surface area contributed by atoms with Gasteiger partial charge in [0.25, 0.3) is 0 Å². The summed E-state index contributed by atoms with van der Waals surface area (Å²) in [5.41, 5.74) is 1.41. The summed E-state index contributed by atoms with van der Waals surface area (Å²) in [5, 5.41) is 4.61. The van der Waals surface area contributed by atoms with Crippen LogP contribution in [0, 0.1) is 12.8 Å². The Kier molecular flexibility index (Phi) is 3.24. The molecule has 0 spiro atoms. The van der Waals surface area contributed by atoms with Crippen LogP contribution in [0.5, 0.6) is 0 Å². The van der Waals surface area contributed by atoms with Crippen molar-refractivity contribution in [2.24, 2.45) is 5.92 Å². The predicted molar refractivity (Wildman–Crippen MR) is 88.2 cm³/mol. The van der Waals surface area contributed by atoms with Gasteiger partial charge in [-0.1, -0.05) is 0 Å². The van der Waals surface area contributed by atoms with Crippen molar-refractivity contribution in [3.8, 4) is 11.6 Å². The minimum Gasteiger partial charge on any atom is -0.458 e. The molecule has 4 heterocycles. The Hall–Kier alpha value is -2.54. The van der Waals surface area contributed by atoms with E-state index in [0.29, 0.717) is 36.9 Å². The van der Waals surface area contributed by atoms with Crippen LogP contribution in [0.25, 0.3) is 17.2 Å². The van der Waals surface area contributed by atoms with Crippen LogP contribution in [0.1, 0.15) is 36.0 Å². The Balaban J connectivity index is 1.61. The summed E-state index contributed by atoms with van der Waals surface area (Å²) >= 11 is 0. The fourth-order valence-electron chi connectivity index (χ4n) is 3.05. The highest BCUT2D eigenvalue weighted by Gasteiger charge is 2.30. The number of fused-ring (bicyclic) bond motifs is 1. The maximum absolute atomic E-state index is 12.2. The summed E-state index contributed by atoms with van der Waals surface area (Å²) in [6, 6.07) is 5.62. The van der Waals surface area contributed by atoms with Gasteiger partial charge in [-0.15, -0.1) is 5.10 Å². The Morgan fingerprint density at radius 1 is 1.28 bits per heavy atom. The number of ketones is 1. The van der Waals surface area contributed by atoms with Crippen LogP contribution in [0.2, 0.25) is 0 Å². The van der Waals surface area contributed by atoms with E-state index in [2.05, 4.69) is 15.1 Å². The number of carbonyl (C=O) groups is 1. The van der Waals surface area contributed by atoms with E-state index in [0.717, 1.165) is 30.1 Å². The number of hydrogen-bond acceptors (Lipinski definition) is 6. The van der Waals surface area contributed by atoms with Crippen molar-refractivity contribution in [3.05, 3.63) is 35.5 Å². The molecule has 1 saturated carbocycles. The van der Waals surface area contributed by atoms with Crippen LogP contribution in [0.15, 0.2) is 22.6 Å². The van der Waals surface area contributed by atoms with Gasteiger partial charge >= 0.3 is 0 Å². The molecule has 3 aromatic heterocycles. The van der Waals surface area contributed by atoms with Crippen molar-refractivity contribution < 1.29 is 13.9 Å². The first-order valence-corrected chi connectivity index (χ1v) is 8.61. The molecule has 1 saturated heterocycles. The van der Waals surface area contributed by atoms with E-state index in [4.69, 9.17) is 9.15 Å². The summed E-state index contributed by atoms with van der Waals surface area (Å²) in [7, 11) is 0. The molecule has 7 nitrogen and oxygen atoms in total. The zero-order valence-corrected chi connectivity index (χ0v) is 13.9. The molecule has 0 radical (unpaired) electrons. The van der Waals surface area contributed by atoms with Crippen LogP contribution in [-0.2, 0) is 16.0 Å². The maximum Gasteiger partial charge on any atom is 0.199 e. The zero-order chi connectivity index (χ0) is 17.0. The number of aryl methyl sites for hydroxylation is 1. The van der Waals surface area contributed by atoms with Gasteiger partial charge in [0.05, 0.1) is 24.8 Å². The Labute approximate surface area is 144 Å². The van der Waals surface area contributed by atoms with Crippen molar-refractivity contribution in [1.29, 1.82) is 0 Å². The molecule has 0 atom stereocenters. The summed E-state index contributed by atoms with van der Waals surface area (Å²) in [5.74, 6) is 3.47. The van der Waals surface area contributed by atoms with Crippen molar-refractivity contribution in [3.63, 3.8) is 0 Å². The smallest absolute Gasteiger partial charge is 0.199 e. The number of carbonyl (C=O) groups excluding carboxylic acids is 1. The number of nitrogens with zero attached hydrogens (tertiary/aromatic N) is 4. The summed E-state index contributed by atoms with van der Waals surface area (Å²) in [6.45, 7) is 3.18. The molecule has 25 heavy (non-hydrogen) atoms. The van der Waals surface area contributed by atoms with E-state index in [-0.39, 0.29) is 17.6 Å². The lowest BCUT2D eigenvalue weighted by atomic mass is 10.1. The number of Topliss-reactive ketones (excluding diaryl/α,β-unsaturated/α-hetero) is 1. The lowest BCUT2D eigenvalue weighted by Crippen LogP contribution is -2.26. The molecule has 0 bridgehead atoms. The van der Waals surface area contributed by atoms with E-state index in [9.17, 15) is 4.79 Å². The van der Waals surface area contributed by atoms with Gasteiger partial charge in [0.2, 0.25) is 0 Å². The van der Waals surface area contributed by atoms with Crippen LogP contribution in [0.4, 0.5) is 0 Å². The number of ether oxygens (including phenoxy) is 1. The molecule has 1 aliphatic heterocycles. The standard InChI is InChI=1S/C18H18N4O3/c1-10-2-5-15(25-10)18-19-13(6-14(23)11-3-4-11)7-16-20-17(21-22(16)18)12-8-24-9-12/h2,5,7,11-12H,3-4,6,8-9H2,1H3. The third-order valence-corrected chi connectivity index (χ3v) is 4.75. The normalized spacial score (nSPS) is 17.8. The van der Waals surface area contributed by atoms with Gasteiger partial charge in [0.1, 0.15) is 11.5 Å². The van der Waals surface area contributed by atoms with Crippen molar-refractivity contribution in [1.82, 2.24) is 19.6 Å². The molecular formula is C18H18N4O3. The van der Waals surface area contributed by atoms with E-state index in [1.165, 1.54) is 0 Å². The van der Waals surface area contributed by atoms with Crippen LogP contribution in [0.3, 0.4) is 0 Å². The molecule has 3 aromatic rings. The fraction of sp³-hybridized carbons (Fsp3) is 0.444. The number of furan rings is 1. The molecule has 2 aliphatic rings. The largest absolute Gasteiger partial charge is 0.458 e. The number of hydrogen-bond donors (Lipinski definition) is 0. The van der Waals surface area contributed by atoms with Gasteiger partial charge in [-0.2, -0.15) is 4.52 Å². The van der Waals surface area contributed by atoms with Gasteiger partial charge in [-0.05, 0) is 31.9 Å². The zero-order valence-electron chi connectivity index (χ0n) is 13.9. The second-order valence-electron chi connectivity index (χ2n) is 6.87. The summed E-state index contributed by atoms with van der Waals surface area (Å²) in [6.07, 6.45) is 2.34. The summed E-state index contributed by atoms with van der Waals surface area (Å²) in [4.78, 5) is 21.5. The second kappa shape index (κ2) is 5.49. The average Bonchev–Trinajstić information content (AvgIpc) is 3.18. The number of aromatic nitrogens is 4. The predicted octanol–water partition coefficient (Wildman–Crippen LogP) is 2.33. The lowest BCUT2D eigenvalue weighted by molar-refractivity contribution is -0.119. The van der Waals surface area contributed by atoms with E-state index in [1.807, 2.05) is 25.1 Å². The van der Waals surface area contributed by atoms with E-state index >= 15 is 0 Å². The molecule has 0 aromatic carbocycles. The van der Waals surface area contributed by atoms with Crippen LogP contribution >= 0.6 is 0 Å². The van der Waals surface area contributed by atoms with Crippen LogP contribution in [-0.4, -0.2) is 38.6 Å². The van der Waals surface area contributed by atoms with Gasteiger partial charge in [0, 0.05) is 18.4 Å². The van der Waals surface area contributed by atoms with Gasteiger partial charge in [-0.3, -0.25) is 4.79 Å². The molecule has 2 fully saturated rings. The quantitative estimate of drug-likeness (QED) is 0.710. The third kappa shape index (κ3) is 2.64. The molecular weight excluding hydrogens is 320 g/mol. The Morgan fingerprint density at radius 3 is 2.76 bits per heavy atom. The molecule has 128 valence electrons. The second-order valence-corrected chi connectivity index (χ2v) is 6.87. The van der Waals surface area contributed by atoms with Gasteiger partial charge in [-0.25, -0.2) is 9.97 Å². The van der Waals surface area contributed by atoms with E-state index < -0.39 is 0 Å². The Morgan fingerprint density at radius 2 is 2.12 bits per heavy atom. The topological polar surface area (TPSA) is 82.5 Å². The highest BCUT2D eigenvalue weighted by atomic mass is 16.5. The fourth-order valence-corrected chi connectivity index (χ4v) is 3.05. The van der Waals surface area contributed by atoms with Gasteiger partial charge in [0.15, 0.2) is 23.1 Å². The lowest BCUT2D eigenvalue weighted by Gasteiger charge is -2.22. The molecule has 0 unspecified atom stereocenters. The summed E-state index contributed by atoms with van der Waals surface area (Å²) < 4.78 is 12.7. The third-order valence-electron chi connectivity index (χ3n) is 4.75.